The van der Waals surface area contributed by atoms with E-state index >= 15 is 0 Å². The smallest absolute Gasteiger partial charge is 0.343 e. The Morgan fingerprint density at radius 3 is 2.54 bits per heavy atom. The van der Waals surface area contributed by atoms with Gasteiger partial charge in [0.2, 0.25) is 12.7 Å². The highest BCUT2D eigenvalue weighted by Gasteiger charge is 2.27. The summed E-state index contributed by atoms with van der Waals surface area (Å²) in [7, 11) is 0. The predicted molar refractivity (Wildman–Crippen MR) is 136 cm³/mol. The minimum atomic E-state index is -0.749. The molecule has 0 fully saturated rings. The number of carbonyl (C=O) groups is 1. The molecule has 2 heterocycles. The van der Waals surface area contributed by atoms with E-state index in [1.54, 1.807) is 25.1 Å². The van der Waals surface area contributed by atoms with Crippen LogP contribution in [0.3, 0.4) is 0 Å². The number of aryl methyl sites for hydroxylation is 1. The molecule has 0 saturated heterocycles. The first-order valence-electron chi connectivity index (χ1n) is 12.3. The molecule has 0 spiro atoms. The van der Waals surface area contributed by atoms with Gasteiger partial charge in [-0.1, -0.05) is 12.1 Å². The van der Waals surface area contributed by atoms with E-state index in [0.717, 1.165) is 5.56 Å². The predicted octanol–water partition coefficient (Wildman–Crippen LogP) is 4.06. The van der Waals surface area contributed by atoms with Gasteiger partial charge in [-0.2, -0.15) is 0 Å². The summed E-state index contributed by atoms with van der Waals surface area (Å²) in [6.07, 6.45) is 0.499. The molecule has 0 saturated carbocycles. The minimum absolute atomic E-state index is 0.0208. The van der Waals surface area contributed by atoms with Gasteiger partial charge < -0.3 is 33.8 Å². The summed E-state index contributed by atoms with van der Waals surface area (Å²) < 4.78 is 27.4. The Labute approximate surface area is 214 Å². The van der Waals surface area contributed by atoms with E-state index in [2.05, 4.69) is 5.32 Å². The van der Waals surface area contributed by atoms with Gasteiger partial charge in [0.15, 0.2) is 23.0 Å². The molecule has 9 nitrogen and oxygen atoms in total. The Balaban J connectivity index is 1.49. The number of amides is 1. The lowest BCUT2D eigenvalue weighted by molar-refractivity contribution is -0.121. The molecule has 196 valence electrons. The minimum Gasteiger partial charge on any atom is -0.507 e. The molecule has 2 N–H and O–H groups in total. The Morgan fingerprint density at radius 2 is 1.78 bits per heavy atom. The normalized spacial score (nSPS) is 12.7. The number of hydrogen-bond acceptors (Lipinski definition) is 8. The van der Waals surface area contributed by atoms with Crippen LogP contribution in [0.25, 0.3) is 0 Å². The molecule has 2 aromatic carbocycles. The van der Waals surface area contributed by atoms with Crippen LogP contribution < -0.4 is 29.9 Å². The van der Waals surface area contributed by atoms with Crippen molar-refractivity contribution >= 4 is 5.91 Å². The Morgan fingerprint density at radius 1 is 1.03 bits per heavy atom. The van der Waals surface area contributed by atoms with Crippen LogP contribution in [-0.4, -0.2) is 37.6 Å². The van der Waals surface area contributed by atoms with Crippen LogP contribution in [0.15, 0.2) is 51.7 Å². The molecule has 37 heavy (non-hydrogen) atoms. The summed E-state index contributed by atoms with van der Waals surface area (Å²) in [6.45, 7) is 6.92. The van der Waals surface area contributed by atoms with E-state index < -0.39 is 11.5 Å². The van der Waals surface area contributed by atoms with Crippen LogP contribution in [0.4, 0.5) is 0 Å². The zero-order valence-electron chi connectivity index (χ0n) is 21.2. The number of hydrogen-bond donors (Lipinski definition) is 2. The van der Waals surface area contributed by atoms with Crippen molar-refractivity contribution in [3.05, 3.63) is 75.3 Å². The van der Waals surface area contributed by atoms with Gasteiger partial charge in [-0.05, 0) is 62.6 Å². The van der Waals surface area contributed by atoms with Gasteiger partial charge >= 0.3 is 5.63 Å². The number of rotatable bonds is 11. The first-order chi connectivity index (χ1) is 17.9. The van der Waals surface area contributed by atoms with Crippen molar-refractivity contribution in [2.75, 3.05) is 26.6 Å². The van der Waals surface area contributed by atoms with Crippen molar-refractivity contribution in [1.29, 1.82) is 0 Å². The number of carbonyl (C=O) groups excluding carboxylic acids is 1. The maximum absolute atomic E-state index is 13.0. The van der Waals surface area contributed by atoms with E-state index in [9.17, 15) is 14.7 Å². The summed E-state index contributed by atoms with van der Waals surface area (Å²) >= 11 is 0. The molecule has 4 rings (SSSR count). The number of nitrogens with one attached hydrogen (secondary N) is 1. The van der Waals surface area contributed by atoms with Crippen molar-refractivity contribution < 1.29 is 33.3 Å². The van der Waals surface area contributed by atoms with E-state index in [1.165, 1.54) is 6.07 Å². The second-order valence-corrected chi connectivity index (χ2v) is 8.56. The van der Waals surface area contributed by atoms with Gasteiger partial charge in [-0.15, -0.1) is 0 Å². The van der Waals surface area contributed by atoms with Crippen molar-refractivity contribution in [2.45, 2.75) is 39.5 Å². The molecule has 1 aliphatic rings. The summed E-state index contributed by atoms with van der Waals surface area (Å²) in [5, 5.41) is 13.5. The number of ether oxygens (including phenoxy) is 4. The van der Waals surface area contributed by atoms with E-state index in [1.807, 2.05) is 32.0 Å². The molecule has 1 aliphatic heterocycles. The van der Waals surface area contributed by atoms with Crippen LogP contribution in [-0.2, 0) is 11.2 Å². The maximum Gasteiger partial charge on any atom is 0.343 e. The van der Waals surface area contributed by atoms with Crippen LogP contribution in [0.5, 0.6) is 28.7 Å². The zero-order valence-corrected chi connectivity index (χ0v) is 21.2. The molecule has 0 radical (unpaired) electrons. The molecule has 0 unspecified atom stereocenters. The van der Waals surface area contributed by atoms with Crippen molar-refractivity contribution in [3.63, 3.8) is 0 Å². The highest BCUT2D eigenvalue weighted by atomic mass is 16.7. The highest BCUT2D eigenvalue weighted by molar-refractivity contribution is 5.78. The second kappa shape index (κ2) is 11.7. The fourth-order valence-corrected chi connectivity index (χ4v) is 4.30. The third-order valence-electron chi connectivity index (χ3n) is 5.97. The fourth-order valence-electron chi connectivity index (χ4n) is 4.30. The van der Waals surface area contributed by atoms with Gasteiger partial charge in [0.1, 0.15) is 11.5 Å². The number of benzene rings is 2. The van der Waals surface area contributed by atoms with Gasteiger partial charge in [-0.25, -0.2) is 4.79 Å². The van der Waals surface area contributed by atoms with Crippen molar-refractivity contribution in [3.8, 4) is 28.7 Å². The summed E-state index contributed by atoms with van der Waals surface area (Å²) in [5.41, 5.74) is 0.938. The Kier molecular flexibility index (Phi) is 8.22. The molecule has 1 amide bonds. The van der Waals surface area contributed by atoms with E-state index in [4.69, 9.17) is 23.4 Å². The van der Waals surface area contributed by atoms with E-state index in [-0.39, 0.29) is 36.2 Å². The lowest BCUT2D eigenvalue weighted by Gasteiger charge is -2.18. The Hall–Kier alpha value is -4.14. The average molecular weight is 510 g/mol. The zero-order chi connectivity index (χ0) is 26.4. The molecule has 3 aromatic rings. The standard InChI is InChI=1S/C28H31NO8/c1-4-33-22-8-6-18(13-24(22)34-5-2)10-11-29-26(31)15-20(27-21(30)12-17(3)37-28(27)32)19-7-9-23-25(14-19)36-16-35-23/h6-9,12-14,20,30H,4-5,10-11,15-16H2,1-3H3,(H,29,31)/t20-/m0/s1. The van der Waals surface area contributed by atoms with Crippen LogP contribution in [0.1, 0.15) is 48.6 Å². The molecule has 1 aromatic heterocycles. The molecular weight excluding hydrogens is 478 g/mol. The van der Waals surface area contributed by atoms with Crippen molar-refractivity contribution in [2.24, 2.45) is 0 Å². The van der Waals surface area contributed by atoms with Crippen LogP contribution >= 0.6 is 0 Å². The van der Waals surface area contributed by atoms with Gasteiger partial charge in [0, 0.05) is 24.9 Å². The topological polar surface area (TPSA) is 116 Å². The third kappa shape index (κ3) is 6.17. The van der Waals surface area contributed by atoms with Crippen LogP contribution in [0.2, 0.25) is 0 Å². The quantitative estimate of drug-likeness (QED) is 0.398. The highest BCUT2D eigenvalue weighted by Crippen LogP contribution is 2.39. The SMILES string of the molecule is CCOc1ccc(CCNC(=O)C[C@@H](c2ccc3c(c2)OCO3)c2c(O)cc(C)oc2=O)cc1OCC. The maximum atomic E-state index is 13.0. The summed E-state index contributed by atoms with van der Waals surface area (Å²) in [5.74, 6) is 1.47. The lowest BCUT2D eigenvalue weighted by Crippen LogP contribution is -2.28. The van der Waals surface area contributed by atoms with Gasteiger partial charge in [0.05, 0.1) is 18.8 Å². The molecule has 0 bridgehead atoms. The average Bonchev–Trinajstić information content (AvgIpc) is 3.33. The lowest BCUT2D eigenvalue weighted by atomic mass is 9.88. The van der Waals surface area contributed by atoms with Gasteiger partial charge in [-0.3, -0.25) is 4.79 Å². The molecule has 9 heteroatoms. The molecule has 1 atom stereocenters. The summed E-state index contributed by atoms with van der Waals surface area (Å²) in [4.78, 5) is 25.7. The third-order valence-corrected chi connectivity index (χ3v) is 5.97. The Bertz CT molecular complexity index is 1320. The monoisotopic (exact) mass is 509 g/mol. The fraction of sp³-hybridized carbons (Fsp3) is 0.357. The van der Waals surface area contributed by atoms with Crippen LogP contribution in [0, 0.1) is 6.92 Å². The van der Waals surface area contributed by atoms with Crippen molar-refractivity contribution in [1.82, 2.24) is 5.32 Å². The van der Waals surface area contributed by atoms with Gasteiger partial charge in [0.25, 0.3) is 0 Å². The number of fused-ring (bicyclic) bond motifs is 1. The largest absolute Gasteiger partial charge is 0.507 e. The second-order valence-electron chi connectivity index (χ2n) is 8.56. The first-order valence-corrected chi connectivity index (χ1v) is 12.3. The number of aromatic hydroxyl groups is 1. The molecule has 0 aliphatic carbocycles. The summed E-state index contributed by atoms with van der Waals surface area (Å²) in [6, 6.07) is 12.3. The molecular formula is C28H31NO8. The first kappa shape index (κ1) is 25.9. The van der Waals surface area contributed by atoms with E-state index in [0.29, 0.717) is 54.7 Å².